The molecule has 0 atom stereocenters. The molecule has 6 heteroatoms. The number of pyridine rings is 2. The minimum atomic E-state index is -0.278. The fraction of sp³-hybridized carbons (Fsp3) is 0.210. The van der Waals surface area contributed by atoms with Crippen LogP contribution in [0, 0.1) is 0 Å². The predicted molar refractivity (Wildman–Crippen MR) is 374 cm³/mol. The van der Waals surface area contributed by atoms with E-state index < -0.39 is 0 Å². The molecule has 0 saturated carbocycles. The average Bonchev–Trinajstić information content (AvgIpc) is 1.81. The van der Waals surface area contributed by atoms with Gasteiger partial charge in [-0.15, -0.1) is 0 Å². The third-order valence-corrected chi connectivity index (χ3v) is 17.6. The quantitative estimate of drug-likeness (QED) is 0.142. The zero-order valence-electron chi connectivity index (χ0n) is 52.8. The Kier molecular flexibility index (Phi) is 15.4. The van der Waals surface area contributed by atoms with Gasteiger partial charge in [-0.1, -0.05) is 283 Å². The molecule has 10 aromatic rings. The number of halogens is 1. The van der Waals surface area contributed by atoms with Crippen molar-refractivity contribution in [2.75, 3.05) is 9.80 Å². The van der Waals surface area contributed by atoms with E-state index in [9.17, 15) is 0 Å². The molecular weight excluding hydrogens is 1080 g/mol. The highest BCUT2D eigenvalue weighted by atomic mass is 35.5. The van der Waals surface area contributed by atoms with Crippen LogP contribution in [-0.4, -0.2) is 16.7 Å². The second-order valence-electron chi connectivity index (χ2n) is 27.8. The lowest BCUT2D eigenvalue weighted by atomic mass is 9.38. The summed E-state index contributed by atoms with van der Waals surface area (Å²) < 4.78 is 0. The van der Waals surface area contributed by atoms with Gasteiger partial charge in [-0.05, 0) is 131 Å². The Balaban J connectivity index is 1.22. The van der Waals surface area contributed by atoms with Crippen LogP contribution in [-0.2, 0) is 21.7 Å². The van der Waals surface area contributed by atoms with E-state index in [1.165, 1.54) is 33.4 Å². The molecule has 12 rings (SSSR count). The van der Waals surface area contributed by atoms with Gasteiger partial charge in [0.05, 0.1) is 11.4 Å². The van der Waals surface area contributed by atoms with Gasteiger partial charge >= 0.3 is 0 Å². The van der Waals surface area contributed by atoms with Crippen molar-refractivity contribution in [2.24, 2.45) is 0 Å². The maximum atomic E-state index is 8.01. The molecule has 2 aliphatic heterocycles. The Morgan fingerprint density at radius 1 is 0.345 bits per heavy atom. The van der Waals surface area contributed by atoms with Crippen molar-refractivity contribution >= 4 is 52.0 Å². The maximum Gasteiger partial charge on any atom is 0.241 e. The Labute approximate surface area is 522 Å². The van der Waals surface area contributed by atoms with Crippen LogP contribution in [0.15, 0.2) is 253 Å². The second-order valence-corrected chi connectivity index (χ2v) is 28.3. The molecule has 0 spiro atoms. The molecule has 2 aromatic heterocycles. The van der Waals surface area contributed by atoms with Crippen molar-refractivity contribution in [1.29, 1.82) is 0 Å². The third-order valence-electron chi connectivity index (χ3n) is 17.4. The summed E-state index contributed by atoms with van der Waals surface area (Å²) in [5.74, 6) is 2.46. The molecule has 0 unspecified atom stereocenters. The van der Waals surface area contributed by atoms with Gasteiger partial charge in [-0.3, -0.25) is 9.97 Å². The number of nitrogens with zero attached hydrogens (tertiary/aromatic N) is 4. The number of hydrogen-bond donors (Lipinski definition) is 0. The summed E-state index contributed by atoms with van der Waals surface area (Å²) in [5.41, 5.74) is 26.1. The lowest BCUT2D eigenvalue weighted by Crippen LogP contribution is -2.49. The van der Waals surface area contributed by atoms with Crippen molar-refractivity contribution in [3.63, 3.8) is 0 Å². The largest absolute Gasteiger partial charge is 0.314 e. The smallest absolute Gasteiger partial charge is 0.241 e. The minimum absolute atomic E-state index is 0.0865. The summed E-state index contributed by atoms with van der Waals surface area (Å²) in [4.78, 5) is 15.0. The summed E-state index contributed by atoms with van der Waals surface area (Å²) in [6.45, 7) is 29.8. The molecule has 0 saturated heterocycles. The highest BCUT2D eigenvalue weighted by molar-refractivity contribution is 6.91. The standard InChI is InChI=1S/C81H78BClN4/c1-53-38-66(83)47-67-48-82(72-36-34-58(60-39-62(78(2,3)4)45-63(40-60)79(5,6)7)43-74(72)86(53)76-68(54-26-18-14-19-27-54)49-84-50-69(76)55-28-20-15-21-29-55)73-37-35-59(61-41-64(80(8,9)10)46-65(42-61)81(11,12)13)44-75(73)87(67)77-70(56-30-22-16-23-31-56)51-85-52-71(77)57-32-24-17-25-33-57/h14-52H,1-13H3/b53-38+,66-47+. The van der Waals surface area contributed by atoms with Gasteiger partial charge in [-0.2, -0.15) is 0 Å². The minimum Gasteiger partial charge on any atom is -0.314 e. The molecule has 0 fully saturated rings. The molecule has 87 heavy (non-hydrogen) atoms. The van der Waals surface area contributed by atoms with Gasteiger partial charge < -0.3 is 9.80 Å². The molecular formula is C81H78BClN4. The summed E-state index contributed by atoms with van der Waals surface area (Å²) >= 11 is 8.01. The van der Waals surface area contributed by atoms with Crippen molar-refractivity contribution in [1.82, 2.24) is 9.97 Å². The SMILES string of the molecule is C/C1=C\C(Cl)=C/C2=CB(c3ccc(-c4cc(C(C)(C)C)cc(C(C)(C)C)c4)cc3N2c2c(-c3ccccc3)cncc2-c2ccccc2)c2ccc(-c3cc(C(C)(C)C)cc(C(C)(C)C)c3)cc2N1c1c(-c2ccccc2)cncc1-c1ccccc1. The molecule has 0 amide bonds. The Hall–Kier alpha value is -8.77. The van der Waals surface area contributed by atoms with Crippen LogP contribution in [0.5, 0.6) is 0 Å². The summed E-state index contributed by atoms with van der Waals surface area (Å²) in [5, 5.41) is 0.584. The molecule has 0 N–H and O–H groups in total. The molecule has 2 bridgehead atoms. The van der Waals surface area contributed by atoms with E-state index in [2.05, 4.69) is 312 Å². The number of allylic oxidation sites excluding steroid dienone is 4. The van der Waals surface area contributed by atoms with Crippen LogP contribution in [0.1, 0.15) is 112 Å². The monoisotopic (exact) mass is 1150 g/mol. The van der Waals surface area contributed by atoms with Gasteiger partial charge in [-0.25, -0.2) is 0 Å². The number of rotatable bonds is 8. The highest BCUT2D eigenvalue weighted by Crippen LogP contribution is 2.50. The van der Waals surface area contributed by atoms with Crippen molar-refractivity contribution in [2.45, 2.75) is 112 Å². The first-order valence-electron chi connectivity index (χ1n) is 30.7. The van der Waals surface area contributed by atoms with Crippen LogP contribution in [0.4, 0.5) is 22.7 Å². The van der Waals surface area contributed by atoms with Gasteiger partial charge in [0.1, 0.15) is 0 Å². The lowest BCUT2D eigenvalue weighted by molar-refractivity contribution is 0.568. The normalized spacial score (nSPS) is 15.0. The number of anilines is 4. The fourth-order valence-corrected chi connectivity index (χ4v) is 12.7. The lowest BCUT2D eigenvalue weighted by Gasteiger charge is -2.39. The molecule has 8 aromatic carbocycles. The van der Waals surface area contributed by atoms with E-state index in [4.69, 9.17) is 21.6 Å². The molecule has 432 valence electrons. The van der Waals surface area contributed by atoms with E-state index in [1.54, 1.807) is 0 Å². The van der Waals surface area contributed by atoms with Crippen LogP contribution >= 0.6 is 11.6 Å². The number of hydrogen-bond acceptors (Lipinski definition) is 4. The van der Waals surface area contributed by atoms with Crippen LogP contribution in [0.3, 0.4) is 0 Å². The summed E-state index contributed by atoms with van der Waals surface area (Å²) in [7, 11) is 0. The molecule has 2 aliphatic rings. The second kappa shape index (κ2) is 22.8. The van der Waals surface area contributed by atoms with Crippen molar-refractivity contribution in [3.8, 4) is 66.8 Å². The van der Waals surface area contributed by atoms with E-state index in [-0.39, 0.29) is 28.4 Å². The highest BCUT2D eigenvalue weighted by Gasteiger charge is 2.38. The first-order chi connectivity index (χ1) is 41.5. The fourth-order valence-electron chi connectivity index (χ4n) is 12.4. The Morgan fingerprint density at radius 2 is 0.667 bits per heavy atom. The van der Waals surface area contributed by atoms with E-state index in [1.807, 2.05) is 24.8 Å². The predicted octanol–water partition coefficient (Wildman–Crippen LogP) is 21.0. The van der Waals surface area contributed by atoms with E-state index >= 15 is 0 Å². The van der Waals surface area contributed by atoms with Crippen LogP contribution < -0.4 is 20.7 Å². The van der Waals surface area contributed by atoms with Crippen LogP contribution in [0.2, 0.25) is 0 Å². The van der Waals surface area contributed by atoms with Gasteiger partial charge in [0.25, 0.3) is 0 Å². The zero-order valence-corrected chi connectivity index (χ0v) is 53.5. The van der Waals surface area contributed by atoms with Gasteiger partial charge in [0.2, 0.25) is 6.71 Å². The van der Waals surface area contributed by atoms with E-state index in [0.29, 0.717) is 5.03 Å². The number of benzene rings is 8. The zero-order chi connectivity index (χ0) is 61.2. The number of aromatic nitrogens is 2. The summed E-state index contributed by atoms with van der Waals surface area (Å²) in [6, 6.07) is 71.7. The van der Waals surface area contributed by atoms with Gasteiger partial charge in [0.15, 0.2) is 0 Å². The Morgan fingerprint density at radius 3 is 1.00 bits per heavy atom. The average molecular weight is 1150 g/mol. The van der Waals surface area contributed by atoms with Crippen molar-refractivity contribution < 1.29 is 0 Å². The van der Waals surface area contributed by atoms with E-state index in [0.717, 1.165) is 101 Å². The molecule has 4 heterocycles. The Bertz CT molecular complexity index is 4140. The maximum absolute atomic E-state index is 8.01. The van der Waals surface area contributed by atoms with Gasteiger partial charge in [0, 0.05) is 74.8 Å². The molecule has 4 nitrogen and oxygen atoms in total. The first kappa shape index (κ1) is 58.6. The van der Waals surface area contributed by atoms with Crippen molar-refractivity contribution in [3.05, 3.63) is 276 Å². The summed E-state index contributed by atoms with van der Waals surface area (Å²) in [6.07, 6.45) is 12.5. The third kappa shape index (κ3) is 11.7. The first-order valence-corrected chi connectivity index (χ1v) is 31.0. The number of fused-ring (bicyclic) bond motifs is 5. The molecule has 0 aliphatic carbocycles. The van der Waals surface area contributed by atoms with Crippen LogP contribution in [0.25, 0.3) is 66.8 Å². The topological polar surface area (TPSA) is 32.3 Å². The molecule has 0 radical (unpaired) electrons.